The molecule has 0 amide bonds. The van der Waals surface area contributed by atoms with Gasteiger partial charge in [-0.3, -0.25) is 0 Å². The normalized spacial score (nSPS) is 12.3. The maximum atomic E-state index is 5.54. The van der Waals surface area contributed by atoms with Crippen LogP contribution in [0.3, 0.4) is 0 Å². The number of benzene rings is 1. The summed E-state index contributed by atoms with van der Waals surface area (Å²) < 4.78 is 11.0. The fourth-order valence-electron chi connectivity index (χ4n) is 2.06. The summed E-state index contributed by atoms with van der Waals surface area (Å²) in [5, 5.41) is 0. The van der Waals surface area contributed by atoms with E-state index < -0.39 is 0 Å². The van der Waals surface area contributed by atoms with Gasteiger partial charge >= 0.3 is 0 Å². The highest BCUT2D eigenvalue weighted by atomic mass is 16.5. The lowest BCUT2D eigenvalue weighted by Crippen LogP contribution is -2.11. The van der Waals surface area contributed by atoms with E-state index >= 15 is 0 Å². The van der Waals surface area contributed by atoms with Crippen LogP contribution in [0.1, 0.15) is 58.6 Å². The van der Waals surface area contributed by atoms with Gasteiger partial charge in [0, 0.05) is 12.2 Å². The molecule has 0 saturated carbocycles. The molecule has 1 aromatic rings. The first-order chi connectivity index (χ1) is 9.84. The fraction of sp³-hybridized carbons (Fsp3) is 0.579. The molecule has 0 heterocycles. The molecular formula is C19H30O2. The van der Waals surface area contributed by atoms with Crippen molar-refractivity contribution in [1.82, 2.24) is 0 Å². The lowest BCUT2D eigenvalue weighted by molar-refractivity contribution is 0.0775. The van der Waals surface area contributed by atoms with Crippen molar-refractivity contribution in [2.24, 2.45) is 0 Å². The molecule has 0 fully saturated rings. The summed E-state index contributed by atoms with van der Waals surface area (Å²) in [4.78, 5) is 0. The Balaban J connectivity index is 2.67. The Kier molecular flexibility index (Phi) is 6.97. The average molecular weight is 290 g/mol. The molecule has 0 spiro atoms. The lowest BCUT2D eigenvalue weighted by Gasteiger charge is -2.20. The number of hydrogen-bond acceptors (Lipinski definition) is 2. The standard InChI is InChI=1S/C19H30O2/c1-15(2)21-13-9-7-8-10-16-14-17(19(3,4)5)11-12-18(16)20-6/h8,10-12,14-15H,7,9,13H2,1-6H3. The van der Waals surface area contributed by atoms with E-state index in [4.69, 9.17) is 9.47 Å². The molecule has 0 saturated heterocycles. The quantitative estimate of drug-likeness (QED) is 0.642. The molecule has 0 radical (unpaired) electrons. The zero-order valence-electron chi connectivity index (χ0n) is 14.4. The number of rotatable bonds is 7. The second kappa shape index (κ2) is 8.23. The van der Waals surface area contributed by atoms with Crippen LogP contribution in [-0.4, -0.2) is 19.8 Å². The third kappa shape index (κ3) is 6.34. The van der Waals surface area contributed by atoms with E-state index in [2.05, 4.69) is 65.0 Å². The SMILES string of the molecule is COc1ccc(C(C)(C)C)cc1C=CCCCOC(C)C. The van der Waals surface area contributed by atoms with Gasteiger partial charge in [0.2, 0.25) is 0 Å². The van der Waals surface area contributed by atoms with E-state index in [0.717, 1.165) is 30.8 Å². The third-order valence-electron chi connectivity index (χ3n) is 3.36. The molecule has 1 rings (SSSR count). The van der Waals surface area contributed by atoms with Crippen molar-refractivity contribution in [1.29, 1.82) is 0 Å². The summed E-state index contributed by atoms with van der Waals surface area (Å²) in [7, 11) is 1.72. The van der Waals surface area contributed by atoms with Gasteiger partial charge in [0.1, 0.15) is 5.75 Å². The van der Waals surface area contributed by atoms with E-state index in [-0.39, 0.29) is 5.41 Å². The smallest absolute Gasteiger partial charge is 0.126 e. The van der Waals surface area contributed by atoms with Gasteiger partial charge < -0.3 is 9.47 Å². The number of unbranched alkanes of at least 4 members (excludes halogenated alkanes) is 1. The summed E-state index contributed by atoms with van der Waals surface area (Å²) in [6.45, 7) is 11.6. The van der Waals surface area contributed by atoms with Crippen molar-refractivity contribution in [2.75, 3.05) is 13.7 Å². The van der Waals surface area contributed by atoms with Gasteiger partial charge in [0.05, 0.1) is 13.2 Å². The number of hydrogen-bond donors (Lipinski definition) is 0. The minimum absolute atomic E-state index is 0.153. The Morgan fingerprint density at radius 1 is 1.19 bits per heavy atom. The van der Waals surface area contributed by atoms with E-state index in [0.29, 0.717) is 6.10 Å². The second-order valence-electron chi connectivity index (χ2n) is 6.67. The van der Waals surface area contributed by atoms with Crippen LogP contribution in [-0.2, 0) is 10.2 Å². The molecule has 2 heteroatoms. The van der Waals surface area contributed by atoms with Crippen LogP contribution in [0, 0.1) is 0 Å². The first kappa shape index (κ1) is 17.8. The van der Waals surface area contributed by atoms with Crippen molar-refractivity contribution in [3.63, 3.8) is 0 Å². The highest BCUT2D eigenvalue weighted by molar-refractivity contribution is 5.59. The highest BCUT2D eigenvalue weighted by Crippen LogP contribution is 2.28. The Bertz CT molecular complexity index is 453. The minimum atomic E-state index is 0.153. The summed E-state index contributed by atoms with van der Waals surface area (Å²) in [5.74, 6) is 0.928. The zero-order valence-corrected chi connectivity index (χ0v) is 14.4. The third-order valence-corrected chi connectivity index (χ3v) is 3.36. The van der Waals surface area contributed by atoms with Gasteiger partial charge in [-0.15, -0.1) is 0 Å². The average Bonchev–Trinajstić information content (AvgIpc) is 2.41. The summed E-state index contributed by atoms with van der Waals surface area (Å²) in [5.41, 5.74) is 2.63. The maximum absolute atomic E-state index is 5.54. The van der Waals surface area contributed by atoms with Gasteiger partial charge in [0.25, 0.3) is 0 Å². The molecule has 0 aliphatic heterocycles. The van der Waals surface area contributed by atoms with Gasteiger partial charge in [-0.2, -0.15) is 0 Å². The molecule has 118 valence electrons. The Labute approximate surface area is 130 Å². The Morgan fingerprint density at radius 2 is 1.90 bits per heavy atom. The van der Waals surface area contributed by atoms with E-state index in [1.165, 1.54) is 5.56 Å². The van der Waals surface area contributed by atoms with Crippen molar-refractivity contribution in [3.05, 3.63) is 35.4 Å². The Morgan fingerprint density at radius 3 is 2.48 bits per heavy atom. The van der Waals surface area contributed by atoms with Crippen LogP contribution in [0.15, 0.2) is 24.3 Å². The highest BCUT2D eigenvalue weighted by Gasteiger charge is 2.14. The van der Waals surface area contributed by atoms with Crippen molar-refractivity contribution in [2.45, 2.75) is 59.0 Å². The minimum Gasteiger partial charge on any atom is -0.496 e. The molecule has 0 aliphatic carbocycles. The molecule has 0 aromatic heterocycles. The first-order valence-electron chi connectivity index (χ1n) is 7.81. The van der Waals surface area contributed by atoms with Gasteiger partial charge in [0.15, 0.2) is 0 Å². The van der Waals surface area contributed by atoms with Crippen LogP contribution < -0.4 is 4.74 Å². The van der Waals surface area contributed by atoms with Gasteiger partial charge in [-0.1, -0.05) is 39.0 Å². The number of methoxy groups -OCH3 is 1. The summed E-state index contributed by atoms with van der Waals surface area (Å²) in [6.07, 6.45) is 6.75. The predicted octanol–water partition coefficient (Wildman–Crippen LogP) is 5.21. The van der Waals surface area contributed by atoms with Crippen LogP contribution in [0.2, 0.25) is 0 Å². The summed E-state index contributed by atoms with van der Waals surface area (Å²) in [6, 6.07) is 6.43. The second-order valence-corrected chi connectivity index (χ2v) is 6.67. The van der Waals surface area contributed by atoms with Gasteiger partial charge in [-0.05, 0) is 49.8 Å². The van der Waals surface area contributed by atoms with Crippen molar-refractivity contribution in [3.8, 4) is 5.75 Å². The van der Waals surface area contributed by atoms with Crippen molar-refractivity contribution >= 4 is 6.08 Å². The fourth-order valence-corrected chi connectivity index (χ4v) is 2.06. The molecular weight excluding hydrogens is 260 g/mol. The molecule has 0 N–H and O–H groups in total. The largest absolute Gasteiger partial charge is 0.496 e. The first-order valence-corrected chi connectivity index (χ1v) is 7.81. The topological polar surface area (TPSA) is 18.5 Å². The molecule has 0 aliphatic rings. The van der Waals surface area contributed by atoms with Crippen LogP contribution in [0.5, 0.6) is 5.75 Å². The molecule has 0 unspecified atom stereocenters. The van der Waals surface area contributed by atoms with Crippen LogP contribution in [0.25, 0.3) is 6.08 Å². The summed E-state index contributed by atoms with van der Waals surface area (Å²) >= 11 is 0. The van der Waals surface area contributed by atoms with E-state index in [1.807, 2.05) is 0 Å². The van der Waals surface area contributed by atoms with E-state index in [1.54, 1.807) is 7.11 Å². The molecule has 0 bridgehead atoms. The zero-order chi connectivity index (χ0) is 15.9. The van der Waals surface area contributed by atoms with Crippen LogP contribution >= 0.6 is 0 Å². The predicted molar refractivity (Wildman–Crippen MR) is 91.1 cm³/mol. The van der Waals surface area contributed by atoms with E-state index in [9.17, 15) is 0 Å². The Hall–Kier alpha value is -1.28. The lowest BCUT2D eigenvalue weighted by atomic mass is 9.86. The maximum Gasteiger partial charge on any atom is 0.126 e. The monoisotopic (exact) mass is 290 g/mol. The molecule has 21 heavy (non-hydrogen) atoms. The molecule has 1 aromatic carbocycles. The van der Waals surface area contributed by atoms with Crippen molar-refractivity contribution < 1.29 is 9.47 Å². The van der Waals surface area contributed by atoms with Gasteiger partial charge in [-0.25, -0.2) is 0 Å². The number of allylic oxidation sites excluding steroid dienone is 1. The molecule has 0 atom stereocenters. The molecule has 2 nitrogen and oxygen atoms in total. The van der Waals surface area contributed by atoms with Crippen LogP contribution in [0.4, 0.5) is 0 Å². The number of ether oxygens (including phenoxy) is 2.